The molecule has 0 unspecified atom stereocenters. The average Bonchev–Trinajstić information content (AvgIpc) is 3.01. The first-order chi connectivity index (χ1) is 15.8. The lowest BCUT2D eigenvalue weighted by Crippen LogP contribution is -2.41. The predicted octanol–water partition coefficient (Wildman–Crippen LogP) is 5.88. The van der Waals surface area contributed by atoms with E-state index in [4.69, 9.17) is 23.2 Å². The van der Waals surface area contributed by atoms with E-state index in [0.29, 0.717) is 26.9 Å². The largest absolute Gasteiger partial charge is 0.375 e. The van der Waals surface area contributed by atoms with Gasteiger partial charge in [0.15, 0.2) is 11.4 Å². The van der Waals surface area contributed by atoms with E-state index in [-0.39, 0.29) is 18.7 Å². The summed E-state index contributed by atoms with van der Waals surface area (Å²) in [4.78, 5) is 28.3. The summed E-state index contributed by atoms with van der Waals surface area (Å²) in [5, 5.41) is 12.6. The van der Waals surface area contributed by atoms with Gasteiger partial charge in [-0.3, -0.25) is 9.59 Å². The van der Waals surface area contributed by atoms with Crippen molar-refractivity contribution in [2.75, 3.05) is 4.90 Å². The summed E-state index contributed by atoms with van der Waals surface area (Å²) in [6.07, 6.45) is 3.91. The van der Waals surface area contributed by atoms with E-state index in [1.807, 2.05) is 24.3 Å². The predicted molar refractivity (Wildman–Crippen MR) is 130 cm³/mol. The Bertz CT molecular complexity index is 1250. The molecule has 2 aliphatic rings. The molecule has 1 amide bonds. The number of fused-ring (bicyclic) bond motifs is 2. The second kappa shape index (κ2) is 8.60. The Morgan fingerprint density at radius 1 is 0.909 bits per heavy atom. The molecule has 0 saturated carbocycles. The lowest BCUT2D eigenvalue weighted by Gasteiger charge is -2.23. The van der Waals surface area contributed by atoms with Crippen LogP contribution in [0, 0.1) is 0 Å². The maximum Gasteiger partial charge on any atom is 0.264 e. The van der Waals surface area contributed by atoms with Crippen LogP contribution in [0.25, 0.3) is 0 Å². The number of benzene rings is 3. The van der Waals surface area contributed by atoms with E-state index < -0.39 is 11.5 Å². The van der Waals surface area contributed by atoms with Gasteiger partial charge in [0.2, 0.25) is 0 Å². The molecule has 5 rings (SSSR count). The van der Waals surface area contributed by atoms with Crippen molar-refractivity contribution in [3.63, 3.8) is 0 Å². The number of aryl methyl sites for hydroxylation is 2. The summed E-state index contributed by atoms with van der Waals surface area (Å²) in [6, 6.07) is 17.9. The first-order valence-electron chi connectivity index (χ1n) is 11.1. The van der Waals surface area contributed by atoms with Gasteiger partial charge in [0.1, 0.15) is 0 Å². The summed E-state index contributed by atoms with van der Waals surface area (Å²) in [5.41, 5.74) is 2.79. The summed E-state index contributed by atoms with van der Waals surface area (Å²) < 4.78 is 0. The van der Waals surface area contributed by atoms with Crippen LogP contribution in [0.4, 0.5) is 5.69 Å². The highest BCUT2D eigenvalue weighted by Gasteiger charge is 2.51. The SMILES string of the molecule is O=C(C[C@]1(O)C(=O)N(Cc2ccc(Cl)cc2)c2ccc(Cl)cc21)c1ccc2c(c1)CCCC2. The third kappa shape index (κ3) is 4.08. The van der Waals surface area contributed by atoms with Gasteiger partial charge in [0.25, 0.3) is 5.91 Å². The summed E-state index contributed by atoms with van der Waals surface area (Å²) in [6.45, 7) is 0.250. The number of amides is 1. The Balaban J connectivity index is 1.47. The molecule has 0 bridgehead atoms. The topological polar surface area (TPSA) is 57.6 Å². The molecule has 3 aromatic carbocycles. The van der Waals surface area contributed by atoms with Crippen LogP contribution < -0.4 is 4.90 Å². The fourth-order valence-electron chi connectivity index (χ4n) is 4.86. The molecular formula is C27H23Cl2NO3. The standard InChI is InChI=1S/C27H23Cl2NO3/c28-21-9-5-17(6-10-21)16-30-24-12-11-22(29)14-23(24)27(33,26(30)32)15-25(31)20-8-7-18-3-1-2-4-19(18)13-20/h5-14,33H,1-4,15-16H2/t27-/m1/s1. The minimum Gasteiger partial charge on any atom is -0.375 e. The molecule has 0 radical (unpaired) electrons. The van der Waals surface area contributed by atoms with E-state index in [0.717, 1.165) is 31.2 Å². The number of halogens is 2. The monoisotopic (exact) mass is 479 g/mol. The Labute approximate surface area is 202 Å². The molecule has 3 aromatic rings. The Hall–Kier alpha value is -2.66. The van der Waals surface area contributed by atoms with Crippen molar-refractivity contribution in [1.29, 1.82) is 0 Å². The first kappa shape index (κ1) is 22.1. The Morgan fingerprint density at radius 3 is 2.36 bits per heavy atom. The second-order valence-electron chi connectivity index (χ2n) is 8.83. The minimum absolute atomic E-state index is 0.250. The van der Waals surface area contributed by atoms with Gasteiger partial charge in [-0.25, -0.2) is 0 Å². The number of rotatable bonds is 5. The van der Waals surface area contributed by atoms with Crippen LogP contribution in [0.3, 0.4) is 0 Å². The number of nitrogens with zero attached hydrogens (tertiary/aromatic N) is 1. The quantitative estimate of drug-likeness (QED) is 0.464. The van der Waals surface area contributed by atoms with E-state index >= 15 is 0 Å². The zero-order chi connectivity index (χ0) is 23.2. The van der Waals surface area contributed by atoms with E-state index in [1.54, 1.807) is 36.4 Å². The molecule has 6 heteroatoms. The van der Waals surface area contributed by atoms with Crippen LogP contribution >= 0.6 is 23.2 Å². The number of carbonyl (C=O) groups is 2. The van der Waals surface area contributed by atoms with Crippen LogP contribution in [-0.4, -0.2) is 16.8 Å². The van der Waals surface area contributed by atoms with E-state index in [2.05, 4.69) is 0 Å². The van der Waals surface area contributed by atoms with Crippen molar-refractivity contribution in [2.24, 2.45) is 0 Å². The number of anilines is 1. The van der Waals surface area contributed by atoms with Crippen molar-refractivity contribution < 1.29 is 14.7 Å². The van der Waals surface area contributed by atoms with Gasteiger partial charge in [0.05, 0.1) is 18.7 Å². The normalized spacial score (nSPS) is 19.4. The summed E-state index contributed by atoms with van der Waals surface area (Å²) in [5.74, 6) is -0.792. The second-order valence-corrected chi connectivity index (χ2v) is 9.70. The zero-order valence-corrected chi connectivity index (χ0v) is 19.5. The summed E-state index contributed by atoms with van der Waals surface area (Å²) in [7, 11) is 0. The number of hydrogen-bond donors (Lipinski definition) is 1. The molecule has 0 aromatic heterocycles. The number of Topliss-reactive ketones (excluding diaryl/α,β-unsaturated/α-hetero) is 1. The molecule has 0 spiro atoms. The minimum atomic E-state index is -1.97. The molecule has 1 aliphatic heterocycles. The smallest absolute Gasteiger partial charge is 0.264 e. The van der Waals surface area contributed by atoms with Gasteiger partial charge >= 0.3 is 0 Å². The molecule has 1 atom stereocenters. The third-order valence-corrected chi connectivity index (χ3v) is 7.12. The highest BCUT2D eigenvalue weighted by Crippen LogP contribution is 2.45. The van der Waals surface area contributed by atoms with Crippen LogP contribution in [-0.2, 0) is 29.8 Å². The third-order valence-electron chi connectivity index (χ3n) is 6.63. The molecule has 1 N–H and O–H groups in total. The van der Waals surface area contributed by atoms with Gasteiger partial charge in [0, 0.05) is 21.2 Å². The van der Waals surface area contributed by atoms with Crippen LogP contribution in [0.2, 0.25) is 10.0 Å². The van der Waals surface area contributed by atoms with Crippen molar-refractivity contribution in [3.05, 3.63) is 98.5 Å². The number of aliphatic hydroxyl groups is 1. The van der Waals surface area contributed by atoms with E-state index in [9.17, 15) is 14.7 Å². The number of carbonyl (C=O) groups excluding carboxylic acids is 2. The maximum absolute atomic E-state index is 13.5. The highest BCUT2D eigenvalue weighted by molar-refractivity contribution is 6.31. The van der Waals surface area contributed by atoms with Gasteiger partial charge in [-0.1, -0.05) is 47.5 Å². The zero-order valence-electron chi connectivity index (χ0n) is 18.0. The van der Waals surface area contributed by atoms with E-state index in [1.165, 1.54) is 16.0 Å². The van der Waals surface area contributed by atoms with Gasteiger partial charge in [-0.2, -0.15) is 0 Å². The number of ketones is 1. The molecule has 1 heterocycles. The fraction of sp³-hybridized carbons (Fsp3) is 0.259. The average molecular weight is 480 g/mol. The molecule has 4 nitrogen and oxygen atoms in total. The Morgan fingerprint density at radius 2 is 1.61 bits per heavy atom. The number of hydrogen-bond acceptors (Lipinski definition) is 3. The lowest BCUT2D eigenvalue weighted by molar-refractivity contribution is -0.136. The Kier molecular flexibility index (Phi) is 5.77. The van der Waals surface area contributed by atoms with Gasteiger partial charge in [-0.05, 0) is 78.8 Å². The summed E-state index contributed by atoms with van der Waals surface area (Å²) >= 11 is 12.2. The van der Waals surface area contributed by atoms with Gasteiger partial charge < -0.3 is 10.0 Å². The van der Waals surface area contributed by atoms with Gasteiger partial charge in [-0.15, -0.1) is 0 Å². The first-order valence-corrected chi connectivity index (χ1v) is 11.8. The van der Waals surface area contributed by atoms with Crippen LogP contribution in [0.15, 0.2) is 60.7 Å². The molecule has 0 fully saturated rings. The maximum atomic E-state index is 13.5. The van der Waals surface area contributed by atoms with Crippen molar-refractivity contribution >= 4 is 40.6 Å². The molecule has 0 saturated heterocycles. The van der Waals surface area contributed by atoms with Crippen LogP contribution in [0.5, 0.6) is 0 Å². The molecule has 1 aliphatic carbocycles. The molecular weight excluding hydrogens is 457 g/mol. The molecule has 168 valence electrons. The van der Waals surface area contributed by atoms with Crippen molar-refractivity contribution in [2.45, 2.75) is 44.2 Å². The van der Waals surface area contributed by atoms with Crippen molar-refractivity contribution in [3.8, 4) is 0 Å². The fourth-order valence-corrected chi connectivity index (χ4v) is 5.16. The highest BCUT2D eigenvalue weighted by atomic mass is 35.5. The van der Waals surface area contributed by atoms with Crippen LogP contribution in [0.1, 0.15) is 51.9 Å². The molecule has 33 heavy (non-hydrogen) atoms. The van der Waals surface area contributed by atoms with Crippen molar-refractivity contribution in [1.82, 2.24) is 0 Å². The lowest BCUT2D eigenvalue weighted by atomic mass is 9.85.